The number of hydrogen-bond donors (Lipinski definition) is 2. The molecule has 0 unspecified atom stereocenters. The van der Waals surface area contributed by atoms with Crippen molar-refractivity contribution >= 4 is 0 Å². The molecule has 1 saturated heterocycles. The fourth-order valence-corrected chi connectivity index (χ4v) is 4.63. The van der Waals surface area contributed by atoms with E-state index in [1.54, 1.807) is 0 Å². The lowest BCUT2D eigenvalue weighted by atomic mass is 9.79. The van der Waals surface area contributed by atoms with Crippen LogP contribution in [0.5, 0.6) is 11.5 Å². The first kappa shape index (κ1) is 16.2. The Labute approximate surface area is 143 Å². The summed E-state index contributed by atoms with van der Waals surface area (Å²) in [5, 5.41) is 19.7. The minimum absolute atomic E-state index is 0.322. The van der Waals surface area contributed by atoms with Gasteiger partial charge in [0.25, 0.3) is 0 Å². The number of fused-ring (bicyclic) bond motifs is 2. The number of benzene rings is 1. The topological polar surface area (TPSA) is 62.2 Å². The number of hydrogen-bond acceptors (Lipinski definition) is 5. The Morgan fingerprint density at radius 3 is 2.46 bits per heavy atom. The van der Waals surface area contributed by atoms with Crippen molar-refractivity contribution in [3.8, 4) is 11.5 Å². The molecule has 1 aromatic rings. The molecule has 0 bridgehead atoms. The van der Waals surface area contributed by atoms with Gasteiger partial charge in [-0.05, 0) is 54.7 Å². The van der Waals surface area contributed by atoms with Crippen LogP contribution < -0.4 is 9.47 Å². The SMILES string of the molecule is C[C@@H](Cc1ccc2c(c1)OCO2)CN1C[C@H]2C[C@H](O)[C@H](O)C[C@H]2C1. The molecule has 2 N–H and O–H groups in total. The highest BCUT2D eigenvalue weighted by atomic mass is 16.7. The van der Waals surface area contributed by atoms with Gasteiger partial charge < -0.3 is 24.6 Å². The van der Waals surface area contributed by atoms with E-state index < -0.39 is 12.2 Å². The van der Waals surface area contributed by atoms with Crippen molar-refractivity contribution < 1.29 is 19.7 Å². The molecular weight excluding hydrogens is 306 g/mol. The van der Waals surface area contributed by atoms with E-state index in [0.717, 1.165) is 50.4 Å². The molecule has 5 nitrogen and oxygen atoms in total. The number of ether oxygens (including phenoxy) is 2. The van der Waals surface area contributed by atoms with Crippen molar-refractivity contribution in [2.75, 3.05) is 26.4 Å². The van der Waals surface area contributed by atoms with E-state index in [2.05, 4.69) is 24.0 Å². The molecule has 2 heterocycles. The van der Waals surface area contributed by atoms with Crippen molar-refractivity contribution in [2.45, 2.75) is 38.4 Å². The van der Waals surface area contributed by atoms with Crippen LogP contribution in [-0.2, 0) is 6.42 Å². The summed E-state index contributed by atoms with van der Waals surface area (Å²) in [5.74, 6) is 3.34. The van der Waals surface area contributed by atoms with Gasteiger partial charge in [-0.1, -0.05) is 13.0 Å². The van der Waals surface area contributed by atoms with Crippen LogP contribution >= 0.6 is 0 Å². The monoisotopic (exact) mass is 333 g/mol. The summed E-state index contributed by atoms with van der Waals surface area (Å²) in [7, 11) is 0. The third-order valence-corrected chi connectivity index (χ3v) is 5.78. The number of nitrogens with zero attached hydrogens (tertiary/aromatic N) is 1. The Hall–Kier alpha value is -1.30. The molecule has 1 saturated carbocycles. The van der Waals surface area contributed by atoms with Gasteiger partial charge in [-0.25, -0.2) is 0 Å². The van der Waals surface area contributed by atoms with Crippen LogP contribution in [0.15, 0.2) is 18.2 Å². The van der Waals surface area contributed by atoms with Crippen LogP contribution in [0.25, 0.3) is 0 Å². The summed E-state index contributed by atoms with van der Waals surface area (Å²) in [6.07, 6.45) is 1.46. The van der Waals surface area contributed by atoms with Gasteiger partial charge in [-0.3, -0.25) is 0 Å². The van der Waals surface area contributed by atoms with Crippen LogP contribution in [0, 0.1) is 17.8 Å². The van der Waals surface area contributed by atoms with Gasteiger partial charge in [0.1, 0.15) is 0 Å². The molecule has 5 atom stereocenters. The lowest BCUT2D eigenvalue weighted by molar-refractivity contribution is -0.0372. The Morgan fingerprint density at radius 1 is 1.08 bits per heavy atom. The second kappa shape index (κ2) is 6.54. The molecule has 2 aliphatic heterocycles. The molecule has 0 aromatic heterocycles. The van der Waals surface area contributed by atoms with Crippen LogP contribution in [0.2, 0.25) is 0 Å². The maximum absolute atomic E-state index is 9.87. The first-order chi connectivity index (χ1) is 11.6. The summed E-state index contributed by atoms with van der Waals surface area (Å²) < 4.78 is 10.8. The van der Waals surface area contributed by atoms with Gasteiger partial charge in [-0.2, -0.15) is 0 Å². The molecule has 1 aromatic carbocycles. The summed E-state index contributed by atoms with van der Waals surface area (Å²) in [6.45, 7) is 5.78. The van der Waals surface area contributed by atoms with Crippen LogP contribution in [0.3, 0.4) is 0 Å². The molecule has 0 amide bonds. The highest BCUT2D eigenvalue weighted by molar-refractivity contribution is 5.44. The predicted octanol–water partition coefficient (Wildman–Crippen LogP) is 1.66. The van der Waals surface area contributed by atoms with Crippen LogP contribution in [0.4, 0.5) is 0 Å². The Bertz CT molecular complexity index is 575. The second-order valence-corrected chi connectivity index (χ2v) is 7.84. The number of aliphatic hydroxyl groups excluding tert-OH is 2. The van der Waals surface area contributed by atoms with Crippen molar-refractivity contribution in [2.24, 2.45) is 17.8 Å². The van der Waals surface area contributed by atoms with Crippen molar-refractivity contribution in [3.05, 3.63) is 23.8 Å². The van der Waals surface area contributed by atoms with Gasteiger partial charge in [-0.15, -0.1) is 0 Å². The third kappa shape index (κ3) is 3.25. The van der Waals surface area contributed by atoms with E-state index in [0.29, 0.717) is 24.5 Å². The summed E-state index contributed by atoms with van der Waals surface area (Å²) in [6, 6.07) is 6.22. The smallest absolute Gasteiger partial charge is 0.231 e. The van der Waals surface area contributed by atoms with Crippen molar-refractivity contribution in [1.82, 2.24) is 4.90 Å². The summed E-state index contributed by atoms with van der Waals surface area (Å²) in [4.78, 5) is 2.51. The van der Waals surface area contributed by atoms with Crippen molar-refractivity contribution in [1.29, 1.82) is 0 Å². The van der Waals surface area contributed by atoms with E-state index in [1.165, 1.54) is 5.56 Å². The van der Waals surface area contributed by atoms with E-state index in [4.69, 9.17) is 9.47 Å². The normalized spacial score (nSPS) is 33.5. The van der Waals surface area contributed by atoms with Crippen LogP contribution in [-0.4, -0.2) is 53.7 Å². The molecule has 3 aliphatic rings. The lowest BCUT2D eigenvalue weighted by Crippen LogP contribution is -2.38. The first-order valence-electron chi connectivity index (χ1n) is 9.05. The van der Waals surface area contributed by atoms with Gasteiger partial charge in [0.2, 0.25) is 6.79 Å². The first-order valence-corrected chi connectivity index (χ1v) is 9.05. The minimum atomic E-state index is -0.530. The van der Waals surface area contributed by atoms with Gasteiger partial charge in [0, 0.05) is 19.6 Å². The van der Waals surface area contributed by atoms with E-state index in [9.17, 15) is 10.2 Å². The highest BCUT2D eigenvalue weighted by Gasteiger charge is 2.41. The molecule has 0 radical (unpaired) electrons. The van der Waals surface area contributed by atoms with E-state index >= 15 is 0 Å². The molecule has 132 valence electrons. The zero-order chi connectivity index (χ0) is 16.7. The van der Waals surface area contributed by atoms with Gasteiger partial charge >= 0.3 is 0 Å². The minimum Gasteiger partial charge on any atom is -0.454 e. The fraction of sp³-hybridized carbons (Fsp3) is 0.684. The quantitative estimate of drug-likeness (QED) is 0.877. The Balaban J connectivity index is 1.31. The third-order valence-electron chi connectivity index (χ3n) is 5.78. The van der Waals surface area contributed by atoms with Crippen LogP contribution in [0.1, 0.15) is 25.3 Å². The molecule has 0 spiro atoms. The van der Waals surface area contributed by atoms with Gasteiger partial charge in [0.15, 0.2) is 11.5 Å². The average molecular weight is 333 g/mol. The predicted molar refractivity (Wildman–Crippen MR) is 90.1 cm³/mol. The largest absolute Gasteiger partial charge is 0.454 e. The van der Waals surface area contributed by atoms with E-state index in [1.807, 2.05) is 6.07 Å². The average Bonchev–Trinajstić information content (AvgIpc) is 3.13. The maximum atomic E-state index is 9.87. The Morgan fingerprint density at radius 2 is 1.75 bits per heavy atom. The molecule has 1 aliphatic carbocycles. The molecular formula is C19H27NO4. The highest BCUT2D eigenvalue weighted by Crippen LogP contribution is 2.37. The zero-order valence-electron chi connectivity index (χ0n) is 14.2. The Kier molecular flexibility index (Phi) is 4.41. The summed E-state index contributed by atoms with van der Waals surface area (Å²) >= 11 is 0. The molecule has 24 heavy (non-hydrogen) atoms. The molecule has 4 rings (SSSR count). The second-order valence-electron chi connectivity index (χ2n) is 7.84. The fourth-order valence-electron chi connectivity index (χ4n) is 4.63. The number of likely N-dealkylation sites (tertiary alicyclic amines) is 1. The zero-order valence-corrected chi connectivity index (χ0v) is 14.2. The maximum Gasteiger partial charge on any atom is 0.231 e. The van der Waals surface area contributed by atoms with Crippen molar-refractivity contribution in [3.63, 3.8) is 0 Å². The lowest BCUT2D eigenvalue weighted by Gasteiger charge is -2.32. The van der Waals surface area contributed by atoms with Gasteiger partial charge in [0.05, 0.1) is 12.2 Å². The summed E-state index contributed by atoms with van der Waals surface area (Å²) in [5.41, 5.74) is 1.29. The number of aliphatic hydroxyl groups is 2. The molecule has 2 fully saturated rings. The number of rotatable bonds is 4. The molecule has 5 heteroatoms. The standard InChI is InChI=1S/C19H27NO4/c1-12(4-13-2-3-18-19(5-13)24-11-23-18)8-20-9-14-6-16(21)17(22)7-15(14)10-20/h2-3,5,12,14-17,21-22H,4,6-11H2,1H3/t12-,14-,15+,16+,17-/m0/s1. The van der Waals surface area contributed by atoms with E-state index in [-0.39, 0.29) is 0 Å².